The van der Waals surface area contributed by atoms with E-state index in [4.69, 9.17) is 0 Å². The lowest BCUT2D eigenvalue weighted by Crippen LogP contribution is -2.21. The molecule has 1 aromatic heterocycles. The molecule has 20 heavy (non-hydrogen) atoms. The van der Waals surface area contributed by atoms with E-state index < -0.39 is 17.8 Å². The van der Waals surface area contributed by atoms with Gasteiger partial charge in [0.1, 0.15) is 0 Å². The van der Waals surface area contributed by atoms with Crippen molar-refractivity contribution in [2.45, 2.75) is 19.1 Å². The van der Waals surface area contributed by atoms with Gasteiger partial charge < -0.3 is 5.32 Å². The number of alkyl halides is 3. The summed E-state index contributed by atoms with van der Waals surface area (Å²) >= 11 is 4.86. The fourth-order valence-corrected chi connectivity index (χ4v) is 3.78. The van der Waals surface area contributed by atoms with Gasteiger partial charge in [0.15, 0.2) is 0 Å². The van der Waals surface area contributed by atoms with E-state index in [9.17, 15) is 13.2 Å². The Labute approximate surface area is 128 Å². The number of aryl methyl sites for hydroxylation is 1. The van der Waals surface area contributed by atoms with E-state index in [2.05, 4.69) is 21.2 Å². The topological polar surface area (TPSA) is 12.0 Å². The zero-order valence-corrected chi connectivity index (χ0v) is 13.3. The Bertz CT molecular complexity index is 587. The highest BCUT2D eigenvalue weighted by Crippen LogP contribution is 2.39. The summed E-state index contributed by atoms with van der Waals surface area (Å²) in [6.07, 6.45) is -4.35. The summed E-state index contributed by atoms with van der Waals surface area (Å²) in [5.41, 5.74) is 0.674. The third-order valence-electron chi connectivity index (χ3n) is 3.03. The van der Waals surface area contributed by atoms with Gasteiger partial charge in [-0.15, -0.1) is 11.3 Å². The first-order valence-corrected chi connectivity index (χ1v) is 7.54. The van der Waals surface area contributed by atoms with Crippen LogP contribution in [0.4, 0.5) is 13.2 Å². The quantitative estimate of drug-likeness (QED) is 0.795. The fourth-order valence-electron chi connectivity index (χ4n) is 2.08. The maximum atomic E-state index is 13.1. The summed E-state index contributed by atoms with van der Waals surface area (Å²) in [6, 6.07) is 7.12. The summed E-state index contributed by atoms with van der Waals surface area (Å²) in [5, 5.41) is 2.98. The van der Waals surface area contributed by atoms with Crippen molar-refractivity contribution in [3.63, 3.8) is 0 Å². The molecule has 6 heteroatoms. The average molecular weight is 364 g/mol. The molecular formula is C14H13BrF3NS. The summed E-state index contributed by atoms with van der Waals surface area (Å²) in [5.74, 6) is 0. The molecule has 0 aliphatic rings. The average Bonchev–Trinajstić information content (AvgIpc) is 2.70. The molecule has 1 atom stereocenters. The van der Waals surface area contributed by atoms with Crippen LogP contribution in [0.25, 0.3) is 0 Å². The zero-order valence-electron chi connectivity index (χ0n) is 10.9. The molecule has 108 valence electrons. The van der Waals surface area contributed by atoms with Crippen LogP contribution in [0.2, 0.25) is 0 Å². The molecule has 1 N–H and O–H groups in total. The summed E-state index contributed by atoms with van der Waals surface area (Å²) in [7, 11) is 1.67. The minimum atomic E-state index is -4.35. The molecule has 0 radical (unpaired) electrons. The van der Waals surface area contributed by atoms with Gasteiger partial charge in [0.05, 0.1) is 15.4 Å². The predicted octanol–water partition coefficient (Wildman–Crippen LogP) is 5.15. The third-order valence-corrected chi connectivity index (χ3v) is 5.23. The maximum Gasteiger partial charge on any atom is 0.416 e. The Morgan fingerprint density at radius 2 is 1.90 bits per heavy atom. The van der Waals surface area contributed by atoms with Gasteiger partial charge in [-0.05, 0) is 53.2 Å². The maximum absolute atomic E-state index is 13.1. The van der Waals surface area contributed by atoms with E-state index in [0.717, 1.165) is 20.3 Å². The molecule has 1 aromatic carbocycles. The lowest BCUT2D eigenvalue weighted by atomic mass is 9.98. The molecule has 2 rings (SSSR count). The molecule has 0 saturated carbocycles. The summed E-state index contributed by atoms with van der Waals surface area (Å²) < 4.78 is 40.3. The molecule has 0 bridgehead atoms. The number of hydrogen-bond donors (Lipinski definition) is 1. The second kappa shape index (κ2) is 5.87. The molecule has 0 aliphatic heterocycles. The molecule has 0 spiro atoms. The Kier molecular flexibility index (Phi) is 4.56. The first-order chi connectivity index (χ1) is 9.34. The minimum Gasteiger partial charge on any atom is -0.309 e. The minimum absolute atomic E-state index is 0.247. The number of hydrogen-bond acceptors (Lipinski definition) is 2. The molecule has 1 heterocycles. The Morgan fingerprint density at radius 3 is 2.40 bits per heavy atom. The van der Waals surface area contributed by atoms with E-state index in [1.54, 1.807) is 13.1 Å². The standard InChI is InChI=1S/C14H13BrF3NS/c1-8-7-11(20-13(8)15)12(19-2)9-5-3-4-6-10(9)14(16,17)18/h3-7,12,19H,1-2H3. The Balaban J connectivity index is 2.53. The Hall–Kier alpha value is -0.850. The van der Waals surface area contributed by atoms with E-state index in [1.807, 2.05) is 13.0 Å². The molecule has 0 fully saturated rings. The molecule has 2 aromatic rings. The SMILES string of the molecule is CNC(c1cc(C)c(Br)s1)c1ccccc1C(F)(F)F. The molecule has 0 aliphatic carbocycles. The first kappa shape index (κ1) is 15.5. The van der Waals surface area contributed by atoms with Crippen LogP contribution in [0.5, 0.6) is 0 Å². The summed E-state index contributed by atoms with van der Waals surface area (Å²) in [6.45, 7) is 1.92. The van der Waals surface area contributed by atoms with Crippen molar-refractivity contribution in [3.05, 3.63) is 55.7 Å². The van der Waals surface area contributed by atoms with Crippen LogP contribution >= 0.6 is 27.3 Å². The van der Waals surface area contributed by atoms with Crippen molar-refractivity contribution in [2.24, 2.45) is 0 Å². The first-order valence-electron chi connectivity index (χ1n) is 5.93. The molecule has 0 saturated heterocycles. The van der Waals surface area contributed by atoms with Crippen LogP contribution in [0.15, 0.2) is 34.1 Å². The van der Waals surface area contributed by atoms with Gasteiger partial charge in [0.25, 0.3) is 0 Å². The highest BCUT2D eigenvalue weighted by atomic mass is 79.9. The van der Waals surface area contributed by atoms with Gasteiger partial charge in [-0.25, -0.2) is 0 Å². The van der Waals surface area contributed by atoms with Crippen molar-refractivity contribution in [2.75, 3.05) is 7.05 Å². The van der Waals surface area contributed by atoms with Crippen LogP contribution in [0.1, 0.15) is 27.6 Å². The van der Waals surface area contributed by atoms with Crippen molar-refractivity contribution < 1.29 is 13.2 Å². The fraction of sp³-hybridized carbons (Fsp3) is 0.286. The van der Waals surface area contributed by atoms with Gasteiger partial charge >= 0.3 is 6.18 Å². The zero-order chi connectivity index (χ0) is 14.9. The van der Waals surface area contributed by atoms with Crippen LogP contribution < -0.4 is 5.32 Å². The molecule has 0 amide bonds. The second-order valence-electron chi connectivity index (χ2n) is 4.41. The van der Waals surface area contributed by atoms with E-state index >= 15 is 0 Å². The van der Waals surface area contributed by atoms with E-state index in [0.29, 0.717) is 0 Å². The number of rotatable bonds is 3. The lowest BCUT2D eigenvalue weighted by Gasteiger charge is -2.20. The van der Waals surface area contributed by atoms with Gasteiger partial charge in [-0.2, -0.15) is 13.2 Å². The van der Waals surface area contributed by atoms with Crippen molar-refractivity contribution >= 4 is 27.3 Å². The number of nitrogens with one attached hydrogen (secondary N) is 1. The van der Waals surface area contributed by atoms with Gasteiger partial charge in [0.2, 0.25) is 0 Å². The van der Waals surface area contributed by atoms with Gasteiger partial charge in [0, 0.05) is 4.88 Å². The van der Waals surface area contributed by atoms with Gasteiger partial charge in [-0.3, -0.25) is 0 Å². The highest BCUT2D eigenvalue weighted by molar-refractivity contribution is 9.11. The van der Waals surface area contributed by atoms with Crippen molar-refractivity contribution in [3.8, 4) is 0 Å². The van der Waals surface area contributed by atoms with E-state index in [-0.39, 0.29) is 5.56 Å². The monoisotopic (exact) mass is 363 g/mol. The van der Waals surface area contributed by atoms with Crippen LogP contribution in [-0.4, -0.2) is 7.05 Å². The van der Waals surface area contributed by atoms with E-state index in [1.165, 1.54) is 23.5 Å². The van der Waals surface area contributed by atoms with Crippen molar-refractivity contribution in [1.29, 1.82) is 0 Å². The van der Waals surface area contributed by atoms with Gasteiger partial charge in [-0.1, -0.05) is 18.2 Å². The lowest BCUT2D eigenvalue weighted by molar-refractivity contribution is -0.138. The Morgan fingerprint density at radius 1 is 1.25 bits per heavy atom. The third kappa shape index (κ3) is 3.07. The molecule has 1 nitrogen and oxygen atoms in total. The number of halogens is 4. The van der Waals surface area contributed by atoms with Crippen LogP contribution in [-0.2, 0) is 6.18 Å². The molecule has 1 unspecified atom stereocenters. The van der Waals surface area contributed by atoms with Crippen LogP contribution in [0.3, 0.4) is 0 Å². The largest absolute Gasteiger partial charge is 0.416 e. The normalized spacial score (nSPS) is 13.5. The van der Waals surface area contributed by atoms with Crippen molar-refractivity contribution in [1.82, 2.24) is 5.32 Å². The van der Waals surface area contributed by atoms with Crippen LogP contribution in [0, 0.1) is 6.92 Å². The molecular weight excluding hydrogens is 351 g/mol. The second-order valence-corrected chi connectivity index (χ2v) is 6.81. The summed E-state index contributed by atoms with van der Waals surface area (Å²) in [4.78, 5) is 0.855. The number of benzene rings is 1. The highest BCUT2D eigenvalue weighted by Gasteiger charge is 2.35. The number of thiophene rings is 1. The smallest absolute Gasteiger partial charge is 0.309 e. The predicted molar refractivity (Wildman–Crippen MR) is 79.1 cm³/mol.